The van der Waals surface area contributed by atoms with Gasteiger partial charge in [-0.3, -0.25) is 4.21 Å². The van der Waals surface area contributed by atoms with Crippen LogP contribution in [0.5, 0.6) is 0 Å². The van der Waals surface area contributed by atoms with Crippen molar-refractivity contribution in [3.05, 3.63) is 33.6 Å². The van der Waals surface area contributed by atoms with Crippen LogP contribution in [0.2, 0.25) is 0 Å². The summed E-state index contributed by atoms with van der Waals surface area (Å²) in [4.78, 5) is 4.40. The van der Waals surface area contributed by atoms with Gasteiger partial charge in [0.2, 0.25) is 0 Å². The molecule has 92 valence electrons. The highest BCUT2D eigenvalue weighted by atomic mass is 32.2. The van der Waals surface area contributed by atoms with Gasteiger partial charge in [0.05, 0.1) is 27.9 Å². The molecule has 1 atom stereocenters. The van der Waals surface area contributed by atoms with Crippen LogP contribution in [0.15, 0.2) is 16.0 Å². The summed E-state index contributed by atoms with van der Waals surface area (Å²) in [5.41, 5.74) is 1.65. The standard InChI is InChI=1S/C11H14N2O2S2/c1-3-11-12-10(5-16-11)7-17(14)6-9-4-8(2)15-13-9/h4-5H,3,6-7H2,1-2H3/t17-/m1/s1. The van der Waals surface area contributed by atoms with Gasteiger partial charge in [-0.25, -0.2) is 4.98 Å². The third-order valence-corrected chi connectivity index (χ3v) is 4.47. The van der Waals surface area contributed by atoms with Crippen molar-refractivity contribution in [1.29, 1.82) is 0 Å². The third-order valence-electron chi connectivity index (χ3n) is 2.20. The first-order chi connectivity index (χ1) is 8.17. The normalized spacial score (nSPS) is 12.8. The van der Waals surface area contributed by atoms with E-state index in [2.05, 4.69) is 17.1 Å². The molecule has 0 radical (unpaired) electrons. The van der Waals surface area contributed by atoms with Crippen molar-refractivity contribution < 1.29 is 8.73 Å². The Bertz CT molecular complexity index is 519. The Morgan fingerprint density at radius 3 is 2.76 bits per heavy atom. The smallest absolute Gasteiger partial charge is 0.133 e. The van der Waals surface area contributed by atoms with Crippen molar-refractivity contribution in [3.8, 4) is 0 Å². The molecule has 4 nitrogen and oxygen atoms in total. The van der Waals surface area contributed by atoms with E-state index in [9.17, 15) is 4.21 Å². The zero-order valence-corrected chi connectivity index (χ0v) is 11.4. The molecule has 0 aliphatic rings. The van der Waals surface area contributed by atoms with Crippen LogP contribution in [0.1, 0.15) is 29.1 Å². The molecule has 0 spiro atoms. The largest absolute Gasteiger partial charge is 0.361 e. The van der Waals surface area contributed by atoms with E-state index in [0.717, 1.165) is 28.6 Å². The summed E-state index contributed by atoms with van der Waals surface area (Å²) in [7, 11) is -0.976. The van der Waals surface area contributed by atoms with Gasteiger partial charge in [-0.15, -0.1) is 11.3 Å². The number of rotatable bonds is 5. The third kappa shape index (κ3) is 3.47. The number of hydrogen-bond acceptors (Lipinski definition) is 5. The molecule has 0 N–H and O–H groups in total. The molecule has 0 aliphatic carbocycles. The molecule has 0 unspecified atom stereocenters. The molecule has 0 fully saturated rings. The topological polar surface area (TPSA) is 56.0 Å². The first-order valence-corrected chi connectivity index (χ1v) is 7.74. The molecule has 2 rings (SSSR count). The second-order valence-corrected chi connectivity index (χ2v) is 6.14. The Morgan fingerprint density at radius 1 is 1.41 bits per heavy atom. The van der Waals surface area contributed by atoms with E-state index in [1.54, 1.807) is 11.3 Å². The molecular formula is C11H14N2O2S2. The molecule has 2 heterocycles. The van der Waals surface area contributed by atoms with Crippen molar-refractivity contribution in [3.63, 3.8) is 0 Å². The van der Waals surface area contributed by atoms with Gasteiger partial charge in [0.15, 0.2) is 0 Å². The summed E-state index contributed by atoms with van der Waals surface area (Å²) in [6, 6.07) is 1.82. The molecular weight excluding hydrogens is 256 g/mol. The molecule has 0 aliphatic heterocycles. The summed E-state index contributed by atoms with van der Waals surface area (Å²) in [6.07, 6.45) is 0.930. The van der Waals surface area contributed by atoms with Gasteiger partial charge >= 0.3 is 0 Å². The van der Waals surface area contributed by atoms with E-state index in [-0.39, 0.29) is 0 Å². The average molecular weight is 270 g/mol. The number of hydrogen-bond donors (Lipinski definition) is 0. The lowest BCUT2D eigenvalue weighted by Gasteiger charge is -1.96. The van der Waals surface area contributed by atoms with Crippen LogP contribution >= 0.6 is 11.3 Å². The fraction of sp³-hybridized carbons (Fsp3) is 0.455. The SMILES string of the molecule is CCc1nc(C[S@](=O)Cc2cc(C)on2)cs1. The maximum Gasteiger partial charge on any atom is 0.133 e. The first kappa shape index (κ1) is 12.4. The van der Waals surface area contributed by atoms with E-state index in [4.69, 9.17) is 4.52 Å². The van der Waals surface area contributed by atoms with Crippen molar-refractivity contribution in [2.24, 2.45) is 0 Å². The summed E-state index contributed by atoms with van der Waals surface area (Å²) in [5, 5.41) is 6.90. The quantitative estimate of drug-likeness (QED) is 0.837. The molecule has 0 aromatic carbocycles. The minimum absolute atomic E-state index is 0.427. The molecule has 0 saturated heterocycles. The second-order valence-electron chi connectivity index (χ2n) is 3.74. The van der Waals surface area contributed by atoms with Gasteiger partial charge in [0.25, 0.3) is 0 Å². The van der Waals surface area contributed by atoms with Crippen molar-refractivity contribution >= 4 is 22.1 Å². The Kier molecular flexibility index (Phi) is 4.06. The molecule has 17 heavy (non-hydrogen) atoms. The zero-order valence-electron chi connectivity index (χ0n) is 9.80. The van der Waals surface area contributed by atoms with Crippen LogP contribution in [0, 0.1) is 6.92 Å². The molecule has 2 aromatic rings. The second kappa shape index (κ2) is 5.55. The monoisotopic (exact) mass is 270 g/mol. The van der Waals surface area contributed by atoms with E-state index in [1.807, 2.05) is 18.4 Å². The lowest BCUT2D eigenvalue weighted by atomic mass is 10.4. The minimum atomic E-state index is -0.976. The molecule has 0 bridgehead atoms. The van der Waals surface area contributed by atoms with Gasteiger partial charge in [0.1, 0.15) is 5.76 Å². The molecule has 2 aromatic heterocycles. The maximum absolute atomic E-state index is 11.9. The van der Waals surface area contributed by atoms with Crippen molar-refractivity contribution in [2.75, 3.05) is 0 Å². The summed E-state index contributed by atoms with van der Waals surface area (Å²) in [6.45, 7) is 3.89. The summed E-state index contributed by atoms with van der Waals surface area (Å²) in [5.74, 6) is 1.66. The predicted octanol–water partition coefficient (Wildman–Crippen LogP) is 2.45. The van der Waals surface area contributed by atoms with Crippen molar-refractivity contribution in [1.82, 2.24) is 10.1 Å². The summed E-state index contributed by atoms with van der Waals surface area (Å²) < 4.78 is 16.8. The van der Waals surface area contributed by atoms with Gasteiger partial charge < -0.3 is 4.52 Å². The predicted molar refractivity (Wildman–Crippen MR) is 68.3 cm³/mol. The van der Waals surface area contributed by atoms with E-state index >= 15 is 0 Å². The molecule has 6 heteroatoms. The Hall–Kier alpha value is -1.01. The summed E-state index contributed by atoms with van der Waals surface area (Å²) >= 11 is 1.62. The number of aryl methyl sites for hydroxylation is 2. The van der Waals surface area contributed by atoms with Crippen LogP contribution in [-0.2, 0) is 28.7 Å². The van der Waals surface area contributed by atoms with Crippen LogP contribution in [-0.4, -0.2) is 14.3 Å². The van der Waals surface area contributed by atoms with E-state index < -0.39 is 10.8 Å². The maximum atomic E-state index is 11.9. The number of nitrogens with zero attached hydrogens (tertiary/aromatic N) is 2. The highest BCUT2D eigenvalue weighted by Crippen LogP contribution is 2.13. The fourth-order valence-corrected chi connectivity index (χ4v) is 3.34. The van der Waals surface area contributed by atoms with Gasteiger partial charge in [-0.2, -0.15) is 0 Å². The zero-order chi connectivity index (χ0) is 12.3. The van der Waals surface area contributed by atoms with E-state index in [0.29, 0.717) is 11.5 Å². The van der Waals surface area contributed by atoms with Gasteiger partial charge in [0, 0.05) is 22.2 Å². The van der Waals surface area contributed by atoms with Gasteiger partial charge in [-0.1, -0.05) is 12.1 Å². The Morgan fingerprint density at radius 2 is 2.18 bits per heavy atom. The number of thiazole rings is 1. The van der Waals surface area contributed by atoms with Crippen LogP contribution in [0.3, 0.4) is 0 Å². The Labute approximate surface area is 107 Å². The molecule has 0 saturated carbocycles. The van der Waals surface area contributed by atoms with Crippen LogP contribution in [0.4, 0.5) is 0 Å². The fourth-order valence-electron chi connectivity index (χ4n) is 1.44. The van der Waals surface area contributed by atoms with Crippen molar-refractivity contribution in [2.45, 2.75) is 31.8 Å². The number of aromatic nitrogens is 2. The average Bonchev–Trinajstić information content (AvgIpc) is 2.88. The van der Waals surface area contributed by atoms with Crippen LogP contribution in [0.25, 0.3) is 0 Å². The van der Waals surface area contributed by atoms with Gasteiger partial charge in [-0.05, 0) is 13.3 Å². The first-order valence-electron chi connectivity index (χ1n) is 5.38. The molecule has 0 amide bonds. The Balaban J connectivity index is 1.93. The lowest BCUT2D eigenvalue weighted by molar-refractivity contribution is 0.392. The minimum Gasteiger partial charge on any atom is -0.361 e. The van der Waals surface area contributed by atoms with E-state index in [1.165, 1.54) is 0 Å². The highest BCUT2D eigenvalue weighted by molar-refractivity contribution is 7.83. The lowest BCUT2D eigenvalue weighted by Crippen LogP contribution is -2.00. The van der Waals surface area contributed by atoms with Crippen LogP contribution < -0.4 is 0 Å². The highest BCUT2D eigenvalue weighted by Gasteiger charge is 2.09.